The Hall–Kier alpha value is -6.32. The van der Waals surface area contributed by atoms with Gasteiger partial charge in [0.25, 0.3) is 23.6 Å². The number of rotatable bonds is 18. The van der Waals surface area contributed by atoms with Gasteiger partial charge in [0.15, 0.2) is 11.6 Å². The molecule has 4 N–H and O–H groups in total. The van der Waals surface area contributed by atoms with Crippen LogP contribution in [0.15, 0.2) is 118 Å². The van der Waals surface area contributed by atoms with Crippen LogP contribution in [0.2, 0.25) is 10.0 Å². The van der Waals surface area contributed by atoms with E-state index < -0.39 is 47.3 Å². The number of carbonyl (C=O) groups excluding carboxylic acids is 6. The van der Waals surface area contributed by atoms with Gasteiger partial charge in [0, 0.05) is 34.5 Å². The highest BCUT2D eigenvalue weighted by Gasteiger charge is 2.27. The highest BCUT2D eigenvalue weighted by molar-refractivity contribution is 6.37. The number of carbonyl (C=O) groups is 6. The average molecular weight is 945 g/mol. The van der Waals surface area contributed by atoms with Crippen molar-refractivity contribution in [2.45, 2.75) is 64.4 Å². The van der Waals surface area contributed by atoms with E-state index in [0.717, 1.165) is 11.1 Å². The number of hydrogen-bond donors (Lipinski definition) is 4. The second-order valence-electron chi connectivity index (χ2n) is 14.2. The van der Waals surface area contributed by atoms with Gasteiger partial charge in [-0.3, -0.25) is 28.8 Å². The minimum atomic E-state index is -1.58. The minimum absolute atomic E-state index is 0.0420. The molecule has 0 aromatic heterocycles. The van der Waals surface area contributed by atoms with E-state index in [9.17, 15) is 28.8 Å². The van der Waals surface area contributed by atoms with Crippen LogP contribution < -0.4 is 21.3 Å². The number of ketones is 2. The molecule has 0 spiro atoms. The van der Waals surface area contributed by atoms with E-state index >= 15 is 0 Å². The number of nitrogens with one attached hydrogen (secondary N) is 4. The van der Waals surface area contributed by atoms with Crippen LogP contribution in [-0.2, 0) is 43.8 Å². The Bertz CT molecular complexity index is 2460. The summed E-state index contributed by atoms with van der Waals surface area (Å²) in [6.07, 6.45) is 0.764. The number of benzene rings is 5. The van der Waals surface area contributed by atoms with Crippen LogP contribution in [0.3, 0.4) is 0 Å². The number of anilines is 4. The van der Waals surface area contributed by atoms with Gasteiger partial charge in [-0.05, 0) is 110 Å². The fraction of sp³-hybridized carbons (Fsp3) is 0.217. The Morgan fingerprint density at radius 1 is 0.531 bits per heavy atom. The summed E-state index contributed by atoms with van der Waals surface area (Å²) < 4.78 is 0. The lowest BCUT2D eigenvalue weighted by Crippen LogP contribution is -2.33. The summed E-state index contributed by atoms with van der Waals surface area (Å²) in [4.78, 5) is 78.8. The lowest BCUT2D eigenvalue weighted by atomic mass is 10.0. The molecule has 0 aliphatic rings. The average Bonchev–Trinajstić information content (AvgIpc) is 3.28. The number of Topliss-reactive ketones (excluding diaryl/α,β-unsaturated/α-hetero) is 2. The van der Waals surface area contributed by atoms with E-state index in [-0.39, 0.29) is 32.5 Å². The fourth-order valence-electron chi connectivity index (χ4n) is 6.08. The topological polar surface area (TPSA) is 200 Å². The zero-order chi connectivity index (χ0) is 46.5. The zero-order valence-corrected chi connectivity index (χ0v) is 38.0. The summed E-state index contributed by atoms with van der Waals surface area (Å²) >= 11 is 24.8. The number of azo groups is 2. The van der Waals surface area contributed by atoms with Crippen LogP contribution in [0.4, 0.5) is 34.1 Å². The van der Waals surface area contributed by atoms with Gasteiger partial charge >= 0.3 is 0 Å². The molecule has 5 aromatic carbocycles. The fourth-order valence-corrected chi connectivity index (χ4v) is 6.94. The summed E-state index contributed by atoms with van der Waals surface area (Å²) in [6, 6.07) is 23.1. The molecule has 0 radical (unpaired) electrons. The maximum atomic E-state index is 13.6. The van der Waals surface area contributed by atoms with Crippen LogP contribution in [0.1, 0.15) is 70.7 Å². The van der Waals surface area contributed by atoms with Crippen molar-refractivity contribution in [1.82, 2.24) is 0 Å². The predicted molar refractivity (Wildman–Crippen MR) is 251 cm³/mol. The molecule has 0 aliphatic heterocycles. The summed E-state index contributed by atoms with van der Waals surface area (Å²) in [5, 5.41) is 27.2. The number of halogens is 4. The van der Waals surface area contributed by atoms with Gasteiger partial charge in [-0.25, -0.2) is 0 Å². The zero-order valence-electron chi connectivity index (χ0n) is 35.0. The summed E-state index contributed by atoms with van der Waals surface area (Å²) in [5.41, 5.74) is 4.97. The maximum absolute atomic E-state index is 13.6. The van der Waals surface area contributed by atoms with Crippen molar-refractivity contribution in [3.63, 3.8) is 0 Å². The Kier molecular flexibility index (Phi) is 17.4. The molecule has 0 saturated carbocycles. The highest BCUT2D eigenvalue weighted by Crippen LogP contribution is 2.32. The number of amides is 4. The summed E-state index contributed by atoms with van der Waals surface area (Å²) in [6.45, 7) is 6.03. The van der Waals surface area contributed by atoms with Crippen LogP contribution in [-0.4, -0.2) is 47.3 Å². The Labute approximate surface area is 389 Å². The molecular weight excluding hydrogens is 902 g/mol. The standard InChI is InChI=1S/C46H42Cl4N8O6/c1-5-29-21-38(54-46(64)42(26(4)60)58-56-36-12-8-10-34(40(36)50)44(62)52-32-19-15-28(24-48)16-20-32)30(6-2)22-37(29)53-45(63)41(25(3)59)57-55-35-11-7-9-33(39(35)49)43(61)51-31-17-13-27(23-47)14-18-31/h7-22,41-42H,5-6,23-24H2,1-4H3,(H,51,61)(H,52,62)(H,53,63)(H,54,64). The number of hydrogen-bond acceptors (Lipinski definition) is 10. The van der Waals surface area contributed by atoms with Gasteiger partial charge in [0.1, 0.15) is 11.4 Å². The third kappa shape index (κ3) is 12.4. The van der Waals surface area contributed by atoms with Gasteiger partial charge in [-0.1, -0.05) is 73.4 Å². The van der Waals surface area contributed by atoms with E-state index in [2.05, 4.69) is 41.7 Å². The lowest BCUT2D eigenvalue weighted by molar-refractivity contribution is -0.127. The molecule has 0 fully saturated rings. The quantitative estimate of drug-likeness (QED) is 0.0382. The Balaban J connectivity index is 1.30. The molecule has 5 rings (SSSR count). The first-order chi connectivity index (χ1) is 30.7. The molecule has 330 valence electrons. The highest BCUT2D eigenvalue weighted by atomic mass is 35.5. The van der Waals surface area contributed by atoms with Crippen LogP contribution in [0.25, 0.3) is 0 Å². The van der Waals surface area contributed by atoms with Crippen molar-refractivity contribution in [1.29, 1.82) is 0 Å². The van der Waals surface area contributed by atoms with Crippen molar-refractivity contribution >= 4 is 116 Å². The monoisotopic (exact) mass is 942 g/mol. The summed E-state index contributed by atoms with van der Waals surface area (Å²) in [7, 11) is 0. The van der Waals surface area contributed by atoms with Gasteiger partial charge in [-0.15, -0.1) is 23.2 Å². The predicted octanol–water partition coefficient (Wildman–Crippen LogP) is 11.5. The van der Waals surface area contributed by atoms with E-state index in [1.54, 1.807) is 72.8 Å². The van der Waals surface area contributed by atoms with Crippen molar-refractivity contribution < 1.29 is 28.8 Å². The molecule has 14 nitrogen and oxygen atoms in total. The molecular formula is C46H42Cl4N8O6. The minimum Gasteiger partial charge on any atom is -0.323 e. The third-order valence-electron chi connectivity index (χ3n) is 9.61. The second-order valence-corrected chi connectivity index (χ2v) is 15.4. The molecule has 0 aliphatic carbocycles. The van der Waals surface area contributed by atoms with Crippen molar-refractivity contribution in [2.24, 2.45) is 20.5 Å². The van der Waals surface area contributed by atoms with Crippen molar-refractivity contribution in [3.05, 3.63) is 140 Å². The third-order valence-corrected chi connectivity index (χ3v) is 11.0. The van der Waals surface area contributed by atoms with E-state index in [0.29, 0.717) is 58.5 Å². The van der Waals surface area contributed by atoms with Crippen molar-refractivity contribution in [3.8, 4) is 0 Å². The van der Waals surface area contributed by atoms with Crippen LogP contribution in [0, 0.1) is 0 Å². The Morgan fingerprint density at radius 2 is 0.891 bits per heavy atom. The first kappa shape index (κ1) is 48.7. The molecule has 0 bridgehead atoms. The second kappa shape index (κ2) is 22.9. The number of aryl methyl sites for hydroxylation is 2. The molecule has 5 aromatic rings. The largest absolute Gasteiger partial charge is 0.323 e. The molecule has 2 unspecified atom stereocenters. The first-order valence-corrected chi connectivity index (χ1v) is 21.6. The normalized spacial score (nSPS) is 12.1. The van der Waals surface area contributed by atoms with Gasteiger partial charge in [0.2, 0.25) is 12.1 Å². The van der Waals surface area contributed by atoms with Gasteiger partial charge in [0.05, 0.1) is 21.2 Å². The summed E-state index contributed by atoms with van der Waals surface area (Å²) in [5.74, 6) is -3.17. The molecule has 0 saturated heterocycles. The van der Waals surface area contributed by atoms with E-state index in [1.165, 1.54) is 38.1 Å². The lowest BCUT2D eigenvalue weighted by Gasteiger charge is -2.18. The molecule has 0 heterocycles. The SMILES string of the molecule is CCc1cc(NC(=O)C(N=Nc2cccc(C(=O)Nc3ccc(CCl)cc3)c2Cl)C(C)=O)c(CC)cc1NC(=O)C(N=Nc1cccc(C(=O)Nc2ccc(CCl)cc2)c1Cl)C(C)=O. The van der Waals surface area contributed by atoms with Crippen LogP contribution in [0.5, 0.6) is 0 Å². The molecule has 2 atom stereocenters. The number of alkyl halides is 2. The smallest absolute Gasteiger partial charge is 0.258 e. The van der Waals surface area contributed by atoms with Crippen molar-refractivity contribution in [2.75, 3.05) is 21.3 Å². The number of nitrogens with zero attached hydrogens (tertiary/aromatic N) is 4. The molecule has 18 heteroatoms. The first-order valence-electron chi connectivity index (χ1n) is 19.8. The Morgan fingerprint density at radius 3 is 1.20 bits per heavy atom. The maximum Gasteiger partial charge on any atom is 0.258 e. The van der Waals surface area contributed by atoms with E-state index in [4.69, 9.17) is 46.4 Å². The van der Waals surface area contributed by atoms with Gasteiger partial charge in [-0.2, -0.15) is 20.5 Å². The molecule has 64 heavy (non-hydrogen) atoms. The molecule has 4 amide bonds. The van der Waals surface area contributed by atoms with Gasteiger partial charge < -0.3 is 21.3 Å². The van der Waals surface area contributed by atoms with E-state index in [1.807, 2.05) is 13.8 Å². The van der Waals surface area contributed by atoms with Crippen LogP contribution >= 0.6 is 46.4 Å².